The van der Waals surface area contributed by atoms with Crippen LogP contribution in [0.4, 0.5) is 0 Å². The van der Waals surface area contributed by atoms with Crippen LogP contribution in [0, 0.1) is 6.92 Å². The van der Waals surface area contributed by atoms with Gasteiger partial charge in [-0.25, -0.2) is 4.98 Å². The summed E-state index contributed by atoms with van der Waals surface area (Å²) in [6, 6.07) is -0.0785. The summed E-state index contributed by atoms with van der Waals surface area (Å²) >= 11 is 1.31. The maximum atomic E-state index is 12.8. The van der Waals surface area contributed by atoms with Gasteiger partial charge in [0.25, 0.3) is 5.91 Å². The predicted octanol–water partition coefficient (Wildman–Crippen LogP) is 2.18. The van der Waals surface area contributed by atoms with Crippen LogP contribution in [0.3, 0.4) is 0 Å². The normalized spacial score (nSPS) is 11.0. The molecule has 0 radical (unpaired) electrons. The lowest BCUT2D eigenvalue weighted by Gasteiger charge is -2.25. The zero-order valence-electron chi connectivity index (χ0n) is 13.6. The van der Waals surface area contributed by atoms with Crippen LogP contribution in [0.1, 0.15) is 35.6 Å². The highest BCUT2D eigenvalue weighted by Crippen LogP contribution is 2.28. The monoisotopic (exact) mass is 336 g/mol. The Balaban J connectivity index is 2.27. The predicted molar refractivity (Wildman–Crippen MR) is 87.5 cm³/mol. The molecule has 0 bridgehead atoms. The van der Waals surface area contributed by atoms with E-state index in [-0.39, 0.29) is 24.9 Å². The minimum atomic E-state index is -0.916. The van der Waals surface area contributed by atoms with Gasteiger partial charge >= 0.3 is 5.97 Å². The minimum Gasteiger partial charge on any atom is -0.481 e. The van der Waals surface area contributed by atoms with Crippen molar-refractivity contribution in [1.82, 2.24) is 19.7 Å². The van der Waals surface area contributed by atoms with Crippen LogP contribution in [-0.4, -0.2) is 49.2 Å². The highest BCUT2D eigenvalue weighted by Gasteiger charge is 2.24. The van der Waals surface area contributed by atoms with Gasteiger partial charge in [0.15, 0.2) is 0 Å². The summed E-state index contributed by atoms with van der Waals surface area (Å²) in [5.41, 5.74) is 1.51. The molecule has 0 spiro atoms. The first-order valence-corrected chi connectivity index (χ1v) is 8.10. The largest absolute Gasteiger partial charge is 0.481 e. The van der Waals surface area contributed by atoms with E-state index in [0.29, 0.717) is 10.6 Å². The summed E-state index contributed by atoms with van der Waals surface area (Å²) in [5.74, 6) is -1.09. The molecule has 2 aromatic rings. The average molecular weight is 336 g/mol. The molecule has 0 aliphatic rings. The van der Waals surface area contributed by atoms with Crippen LogP contribution in [0.25, 0.3) is 10.6 Å². The zero-order chi connectivity index (χ0) is 17.1. The minimum absolute atomic E-state index is 0.0722. The molecule has 124 valence electrons. The van der Waals surface area contributed by atoms with Gasteiger partial charge in [-0.1, -0.05) is 0 Å². The van der Waals surface area contributed by atoms with E-state index in [2.05, 4.69) is 10.1 Å². The van der Waals surface area contributed by atoms with Crippen LogP contribution in [0.5, 0.6) is 0 Å². The molecule has 7 nitrogen and oxygen atoms in total. The zero-order valence-corrected chi connectivity index (χ0v) is 14.4. The molecule has 1 amide bonds. The quantitative estimate of drug-likeness (QED) is 0.873. The SMILES string of the molecule is Cc1nc(-c2cnn(C)c2)sc1C(=O)N(CCC(=O)O)C(C)C. The smallest absolute Gasteiger partial charge is 0.305 e. The van der Waals surface area contributed by atoms with Crippen LogP contribution in [0.15, 0.2) is 12.4 Å². The van der Waals surface area contributed by atoms with Crippen molar-refractivity contribution in [3.05, 3.63) is 23.0 Å². The lowest BCUT2D eigenvalue weighted by molar-refractivity contribution is -0.137. The molecule has 1 N–H and O–H groups in total. The van der Waals surface area contributed by atoms with Crippen molar-refractivity contribution in [2.24, 2.45) is 7.05 Å². The van der Waals surface area contributed by atoms with Gasteiger partial charge in [0.05, 0.1) is 18.3 Å². The topological polar surface area (TPSA) is 88.3 Å². The molecule has 8 heteroatoms. The third-order valence-corrected chi connectivity index (χ3v) is 4.59. The van der Waals surface area contributed by atoms with Gasteiger partial charge in [0.2, 0.25) is 0 Å². The van der Waals surface area contributed by atoms with E-state index in [1.54, 1.807) is 22.7 Å². The van der Waals surface area contributed by atoms with Gasteiger partial charge in [-0.3, -0.25) is 14.3 Å². The van der Waals surface area contributed by atoms with Gasteiger partial charge in [-0.05, 0) is 20.8 Å². The summed E-state index contributed by atoms with van der Waals surface area (Å²) in [4.78, 5) is 30.1. The summed E-state index contributed by atoms with van der Waals surface area (Å²) in [5, 5.41) is 13.7. The number of carbonyl (C=O) groups excluding carboxylic acids is 1. The summed E-state index contributed by atoms with van der Waals surface area (Å²) in [6.07, 6.45) is 3.48. The number of amides is 1. The molecule has 0 atom stereocenters. The first-order valence-electron chi connectivity index (χ1n) is 7.28. The Hall–Kier alpha value is -2.22. The number of thiazole rings is 1. The van der Waals surface area contributed by atoms with Crippen LogP contribution in [0.2, 0.25) is 0 Å². The molecule has 23 heavy (non-hydrogen) atoms. The van der Waals surface area contributed by atoms with Crippen molar-refractivity contribution in [3.8, 4) is 10.6 Å². The third-order valence-electron chi connectivity index (χ3n) is 3.39. The summed E-state index contributed by atoms with van der Waals surface area (Å²) in [6.45, 7) is 5.72. The summed E-state index contributed by atoms with van der Waals surface area (Å²) in [7, 11) is 1.82. The van der Waals surface area contributed by atoms with Crippen molar-refractivity contribution in [2.45, 2.75) is 33.2 Å². The second kappa shape index (κ2) is 6.91. The molecule has 2 heterocycles. The molecule has 0 fully saturated rings. The second-order valence-electron chi connectivity index (χ2n) is 5.57. The second-order valence-corrected chi connectivity index (χ2v) is 6.57. The first-order chi connectivity index (χ1) is 10.8. The highest BCUT2D eigenvalue weighted by atomic mass is 32.1. The number of hydrogen-bond donors (Lipinski definition) is 1. The van der Waals surface area contributed by atoms with Gasteiger partial charge < -0.3 is 10.0 Å². The molecule has 0 saturated carbocycles. The van der Waals surface area contributed by atoms with Crippen molar-refractivity contribution in [2.75, 3.05) is 6.54 Å². The molecule has 2 aromatic heterocycles. The molecule has 0 unspecified atom stereocenters. The number of carboxylic acid groups (broad SMARTS) is 1. The van der Waals surface area contributed by atoms with Crippen LogP contribution >= 0.6 is 11.3 Å². The van der Waals surface area contributed by atoms with E-state index in [9.17, 15) is 9.59 Å². The van der Waals surface area contributed by atoms with Crippen LogP contribution < -0.4 is 0 Å². The number of nitrogens with zero attached hydrogens (tertiary/aromatic N) is 4. The number of aryl methyl sites for hydroxylation is 2. The first kappa shape index (κ1) is 17.1. The lowest BCUT2D eigenvalue weighted by Crippen LogP contribution is -2.38. The van der Waals surface area contributed by atoms with Gasteiger partial charge in [0.1, 0.15) is 9.88 Å². The number of carboxylic acids is 1. The maximum absolute atomic E-state index is 12.8. The van der Waals surface area contributed by atoms with E-state index in [1.165, 1.54) is 11.3 Å². The number of carbonyl (C=O) groups is 2. The van der Waals surface area contributed by atoms with Gasteiger partial charge in [0, 0.05) is 31.4 Å². The number of aromatic nitrogens is 3. The summed E-state index contributed by atoms with van der Waals surface area (Å²) < 4.78 is 1.68. The van der Waals surface area contributed by atoms with E-state index >= 15 is 0 Å². The molecule has 0 aliphatic heterocycles. The Morgan fingerprint density at radius 1 is 1.43 bits per heavy atom. The fourth-order valence-electron chi connectivity index (χ4n) is 2.19. The number of rotatable bonds is 6. The van der Waals surface area contributed by atoms with Crippen molar-refractivity contribution < 1.29 is 14.7 Å². The Morgan fingerprint density at radius 2 is 2.13 bits per heavy atom. The Labute approximate surface area is 138 Å². The standard InChI is InChI=1S/C15H20N4O3S/c1-9(2)19(6-5-12(20)21)15(22)13-10(3)17-14(23-13)11-7-16-18(4)8-11/h7-9H,5-6H2,1-4H3,(H,20,21). The van der Waals surface area contributed by atoms with E-state index in [0.717, 1.165) is 10.6 Å². The Bertz CT molecular complexity index is 720. The molecular formula is C15H20N4O3S. The van der Waals surface area contributed by atoms with Crippen molar-refractivity contribution in [3.63, 3.8) is 0 Å². The van der Waals surface area contributed by atoms with Crippen LogP contribution in [-0.2, 0) is 11.8 Å². The maximum Gasteiger partial charge on any atom is 0.305 e. The Kier molecular flexibility index (Phi) is 5.15. The van der Waals surface area contributed by atoms with Crippen molar-refractivity contribution >= 4 is 23.2 Å². The molecule has 0 saturated heterocycles. The third kappa shape index (κ3) is 3.95. The highest BCUT2D eigenvalue weighted by molar-refractivity contribution is 7.17. The number of hydrogen-bond acceptors (Lipinski definition) is 5. The molecule has 2 rings (SSSR count). The molecule has 0 aromatic carbocycles. The lowest BCUT2D eigenvalue weighted by atomic mass is 10.2. The van der Waals surface area contributed by atoms with E-state index in [4.69, 9.17) is 5.11 Å². The fourth-order valence-corrected chi connectivity index (χ4v) is 3.19. The van der Waals surface area contributed by atoms with Gasteiger partial charge in [-0.15, -0.1) is 11.3 Å². The van der Waals surface area contributed by atoms with E-state index < -0.39 is 5.97 Å². The average Bonchev–Trinajstić information content (AvgIpc) is 3.04. The fraction of sp³-hybridized carbons (Fsp3) is 0.467. The molecular weight excluding hydrogens is 316 g/mol. The van der Waals surface area contributed by atoms with Crippen molar-refractivity contribution in [1.29, 1.82) is 0 Å². The Morgan fingerprint density at radius 3 is 2.65 bits per heavy atom. The number of aliphatic carboxylic acids is 1. The molecule has 0 aliphatic carbocycles. The van der Waals surface area contributed by atoms with E-state index in [1.807, 2.05) is 27.1 Å². The van der Waals surface area contributed by atoms with Gasteiger partial charge in [-0.2, -0.15) is 5.10 Å².